The molecule has 1 unspecified atom stereocenters. The standard InChI is InChI=1S/C23H32F3N5O4S/c1-12-6-5-7-31(12)21(35)17-18(36-20(29-17)19(34)28-9-13(33)11-32)14-10-27-16(30-22(2,3)4)8-15(14)23(24,25)26/h10,12-13,15,32-33H,5-9,11H2,1-4H3,(H,27,30)(H,28,34)/t12-,13+,15?/m0/s1. The zero-order valence-corrected chi connectivity index (χ0v) is 21.5. The lowest BCUT2D eigenvalue weighted by Gasteiger charge is -2.29. The molecule has 2 aliphatic heterocycles. The molecule has 3 heterocycles. The lowest BCUT2D eigenvalue weighted by atomic mass is 9.90. The van der Waals surface area contributed by atoms with Gasteiger partial charge in [0.1, 0.15) is 11.5 Å². The largest absolute Gasteiger partial charge is 0.396 e. The number of carbonyl (C=O) groups is 2. The van der Waals surface area contributed by atoms with E-state index in [2.05, 4.69) is 20.6 Å². The molecular formula is C23H32F3N5O4S. The topological polar surface area (TPSA) is 127 Å². The number of likely N-dealkylation sites (tertiary alicyclic amines) is 1. The van der Waals surface area contributed by atoms with Gasteiger partial charge in [-0.25, -0.2) is 4.98 Å². The fourth-order valence-electron chi connectivity index (χ4n) is 4.10. The van der Waals surface area contributed by atoms with Crippen LogP contribution in [0.2, 0.25) is 0 Å². The highest BCUT2D eigenvalue weighted by molar-refractivity contribution is 7.15. The van der Waals surface area contributed by atoms with Crippen molar-refractivity contribution < 1.29 is 33.0 Å². The molecule has 4 N–H and O–H groups in total. The molecular weight excluding hydrogens is 499 g/mol. The Kier molecular flexibility index (Phi) is 8.46. The van der Waals surface area contributed by atoms with Crippen molar-refractivity contribution in [3.05, 3.63) is 21.8 Å². The summed E-state index contributed by atoms with van der Waals surface area (Å²) in [5, 5.41) is 23.5. The van der Waals surface area contributed by atoms with Crippen molar-refractivity contribution in [1.82, 2.24) is 20.5 Å². The van der Waals surface area contributed by atoms with E-state index in [9.17, 15) is 27.9 Å². The van der Waals surface area contributed by atoms with E-state index in [-0.39, 0.29) is 39.6 Å². The van der Waals surface area contributed by atoms with E-state index in [1.54, 1.807) is 25.7 Å². The first-order valence-electron chi connectivity index (χ1n) is 11.7. The predicted octanol–water partition coefficient (Wildman–Crippen LogP) is 2.56. The zero-order valence-electron chi connectivity index (χ0n) is 20.6. The number of amides is 2. The van der Waals surface area contributed by atoms with Crippen LogP contribution >= 0.6 is 11.3 Å². The maximum absolute atomic E-state index is 14.2. The molecule has 3 rings (SSSR count). The molecule has 0 aliphatic carbocycles. The van der Waals surface area contributed by atoms with Crippen LogP contribution in [0.4, 0.5) is 13.2 Å². The van der Waals surface area contributed by atoms with Gasteiger partial charge in [-0.1, -0.05) is 0 Å². The summed E-state index contributed by atoms with van der Waals surface area (Å²) >= 11 is 0.693. The Morgan fingerprint density at radius 2 is 2.06 bits per heavy atom. The summed E-state index contributed by atoms with van der Waals surface area (Å²) in [5.41, 5.74) is -0.983. The van der Waals surface area contributed by atoms with Gasteiger partial charge in [-0.2, -0.15) is 13.2 Å². The lowest BCUT2D eigenvalue weighted by Crippen LogP contribution is -2.38. The van der Waals surface area contributed by atoms with E-state index in [0.717, 1.165) is 12.8 Å². The maximum Gasteiger partial charge on any atom is 0.396 e. The molecule has 0 bridgehead atoms. The molecule has 2 aliphatic rings. The number of amidine groups is 1. The number of halogens is 3. The van der Waals surface area contributed by atoms with Gasteiger partial charge in [-0.3, -0.25) is 14.6 Å². The normalized spacial score (nSPS) is 22.9. The number of aliphatic hydroxyl groups is 2. The molecule has 1 fully saturated rings. The first kappa shape index (κ1) is 28.1. The summed E-state index contributed by atoms with van der Waals surface area (Å²) in [4.78, 5) is 36.1. The molecule has 200 valence electrons. The number of nitrogens with zero attached hydrogens (tertiary/aromatic N) is 3. The summed E-state index contributed by atoms with van der Waals surface area (Å²) in [7, 11) is 0. The lowest BCUT2D eigenvalue weighted by molar-refractivity contribution is -0.156. The SMILES string of the molecule is C[C@H]1CCCN1C(=O)c1nc(C(=O)NC[C@@H](O)CO)sc1C1=CNC(=NC(C)(C)C)CC1C(F)(F)F. The number of rotatable bonds is 6. The average molecular weight is 532 g/mol. The molecule has 0 radical (unpaired) electrons. The Morgan fingerprint density at radius 3 is 2.61 bits per heavy atom. The second-order valence-electron chi connectivity index (χ2n) is 10.0. The predicted molar refractivity (Wildman–Crippen MR) is 130 cm³/mol. The number of hydrogen-bond donors (Lipinski definition) is 4. The van der Waals surface area contributed by atoms with Crippen molar-refractivity contribution in [2.45, 2.75) is 70.8 Å². The van der Waals surface area contributed by atoms with E-state index in [1.165, 1.54) is 6.20 Å². The number of allylic oxidation sites excluding steroid dienone is 1. The van der Waals surface area contributed by atoms with Gasteiger partial charge in [-0.15, -0.1) is 11.3 Å². The summed E-state index contributed by atoms with van der Waals surface area (Å²) < 4.78 is 42.7. The van der Waals surface area contributed by atoms with Gasteiger partial charge in [0.2, 0.25) is 0 Å². The highest BCUT2D eigenvalue weighted by atomic mass is 32.1. The van der Waals surface area contributed by atoms with Crippen LogP contribution in [0.25, 0.3) is 5.57 Å². The molecule has 9 nitrogen and oxygen atoms in total. The van der Waals surface area contributed by atoms with Crippen LogP contribution < -0.4 is 10.6 Å². The Labute approximate surface area is 211 Å². The Hall–Kier alpha value is -2.51. The van der Waals surface area contributed by atoms with Crippen LogP contribution in [0.15, 0.2) is 11.2 Å². The molecule has 1 aromatic heterocycles. The van der Waals surface area contributed by atoms with Crippen LogP contribution in [0, 0.1) is 5.92 Å². The van der Waals surface area contributed by atoms with Crippen molar-refractivity contribution >= 4 is 34.6 Å². The molecule has 0 saturated carbocycles. The van der Waals surface area contributed by atoms with Gasteiger partial charge in [0, 0.05) is 37.3 Å². The average Bonchev–Trinajstić information content (AvgIpc) is 3.41. The van der Waals surface area contributed by atoms with Gasteiger partial charge in [-0.05, 0) is 40.5 Å². The van der Waals surface area contributed by atoms with Crippen LogP contribution in [0.3, 0.4) is 0 Å². The minimum absolute atomic E-state index is 0.0309. The Morgan fingerprint density at radius 1 is 1.36 bits per heavy atom. The van der Waals surface area contributed by atoms with E-state index in [4.69, 9.17) is 5.11 Å². The number of thiazole rings is 1. The van der Waals surface area contributed by atoms with E-state index in [0.29, 0.717) is 17.9 Å². The van der Waals surface area contributed by atoms with Crippen molar-refractivity contribution in [2.75, 3.05) is 19.7 Å². The molecule has 0 aromatic carbocycles. The van der Waals surface area contributed by atoms with Gasteiger partial charge in [0.15, 0.2) is 5.01 Å². The smallest absolute Gasteiger partial charge is 0.394 e. The monoisotopic (exact) mass is 531 g/mol. The number of aliphatic imine (C=N–C) groups is 1. The zero-order chi connectivity index (χ0) is 26.8. The van der Waals surface area contributed by atoms with Crippen LogP contribution in [-0.2, 0) is 0 Å². The number of nitrogens with one attached hydrogen (secondary N) is 2. The van der Waals surface area contributed by atoms with Gasteiger partial charge in [0.05, 0.1) is 29.0 Å². The van der Waals surface area contributed by atoms with Gasteiger partial charge in [0.25, 0.3) is 11.8 Å². The van der Waals surface area contributed by atoms with Crippen LogP contribution in [0.5, 0.6) is 0 Å². The number of aliphatic hydroxyl groups excluding tert-OH is 2. The van der Waals surface area contributed by atoms with Crippen molar-refractivity contribution in [2.24, 2.45) is 10.9 Å². The molecule has 3 atom stereocenters. The Bertz CT molecular complexity index is 1050. The number of hydrogen-bond acceptors (Lipinski definition) is 7. The third kappa shape index (κ3) is 6.62. The molecule has 1 saturated heterocycles. The van der Waals surface area contributed by atoms with E-state index >= 15 is 0 Å². The third-order valence-electron chi connectivity index (χ3n) is 5.84. The van der Waals surface area contributed by atoms with Gasteiger partial charge >= 0.3 is 6.18 Å². The van der Waals surface area contributed by atoms with Crippen LogP contribution in [-0.4, -0.2) is 81.3 Å². The molecule has 13 heteroatoms. The fraction of sp³-hybridized carbons (Fsp3) is 0.652. The second kappa shape index (κ2) is 10.9. The maximum atomic E-state index is 14.2. The van der Waals surface area contributed by atoms with E-state index < -0.39 is 48.6 Å². The first-order valence-corrected chi connectivity index (χ1v) is 12.5. The van der Waals surface area contributed by atoms with Gasteiger partial charge < -0.3 is 25.7 Å². The fourth-order valence-corrected chi connectivity index (χ4v) is 5.15. The third-order valence-corrected chi connectivity index (χ3v) is 6.94. The molecule has 36 heavy (non-hydrogen) atoms. The van der Waals surface area contributed by atoms with E-state index in [1.807, 2.05) is 6.92 Å². The molecule has 1 aromatic rings. The summed E-state index contributed by atoms with van der Waals surface area (Å²) in [6, 6.07) is -0.105. The minimum atomic E-state index is -4.63. The summed E-state index contributed by atoms with van der Waals surface area (Å²) in [5.74, 6) is -3.06. The Balaban J connectivity index is 2.06. The van der Waals surface area contributed by atoms with Crippen molar-refractivity contribution in [3.63, 3.8) is 0 Å². The second-order valence-corrected chi connectivity index (χ2v) is 11.0. The van der Waals surface area contributed by atoms with Crippen molar-refractivity contribution in [3.8, 4) is 0 Å². The first-order chi connectivity index (χ1) is 16.7. The quantitative estimate of drug-likeness (QED) is 0.447. The number of aromatic nitrogens is 1. The van der Waals surface area contributed by atoms with Crippen molar-refractivity contribution in [1.29, 1.82) is 0 Å². The number of carbonyl (C=O) groups excluding carboxylic acids is 2. The number of alkyl halides is 3. The highest BCUT2D eigenvalue weighted by Gasteiger charge is 2.46. The molecule has 0 spiro atoms. The highest BCUT2D eigenvalue weighted by Crippen LogP contribution is 2.44. The van der Waals surface area contributed by atoms with Crippen LogP contribution in [0.1, 0.15) is 72.1 Å². The summed E-state index contributed by atoms with van der Waals surface area (Å²) in [6.45, 7) is 6.78. The summed E-state index contributed by atoms with van der Waals surface area (Å²) in [6.07, 6.45) is -3.56. The minimum Gasteiger partial charge on any atom is -0.394 e. The molecule has 2 amide bonds.